The average molecular weight is 248 g/mol. The van der Waals surface area contributed by atoms with E-state index in [9.17, 15) is 0 Å². The fourth-order valence-electron chi connectivity index (χ4n) is 3.40. The van der Waals surface area contributed by atoms with Crippen LogP contribution in [0.2, 0.25) is 0 Å². The minimum atomic E-state index is 0.772. The van der Waals surface area contributed by atoms with Gasteiger partial charge in [0.1, 0.15) is 11.6 Å². The summed E-state index contributed by atoms with van der Waals surface area (Å²) in [4.78, 5) is 2.45. The summed E-state index contributed by atoms with van der Waals surface area (Å²) in [6.45, 7) is 5.94. The van der Waals surface area contributed by atoms with Crippen molar-refractivity contribution < 1.29 is 0 Å². The quantitative estimate of drug-likeness (QED) is 0.799. The van der Waals surface area contributed by atoms with Crippen LogP contribution in [-0.2, 0) is 19.4 Å². The molecular weight excluding hydrogens is 224 g/mol. The molecule has 3 heterocycles. The van der Waals surface area contributed by atoms with Gasteiger partial charge in [-0.3, -0.25) is 0 Å². The predicted octanol–water partition coefficient (Wildman–Crippen LogP) is 1.74. The lowest BCUT2D eigenvalue weighted by molar-refractivity contribution is 0.205. The van der Waals surface area contributed by atoms with Gasteiger partial charge in [-0.1, -0.05) is 6.92 Å². The maximum atomic E-state index is 4.45. The van der Waals surface area contributed by atoms with E-state index >= 15 is 0 Å². The molecule has 3 rings (SSSR count). The zero-order valence-electron chi connectivity index (χ0n) is 11.6. The molecule has 0 spiro atoms. The lowest BCUT2D eigenvalue weighted by atomic mass is 9.94. The average Bonchev–Trinajstić information content (AvgIpc) is 2.72. The first kappa shape index (κ1) is 12.2. The molecule has 4 nitrogen and oxygen atoms in total. The van der Waals surface area contributed by atoms with Crippen molar-refractivity contribution in [3.8, 4) is 0 Å². The van der Waals surface area contributed by atoms with Crippen LogP contribution in [0, 0.1) is 11.8 Å². The molecule has 18 heavy (non-hydrogen) atoms. The highest BCUT2D eigenvalue weighted by molar-refractivity contribution is 5.01. The molecule has 1 aromatic heterocycles. The molecule has 0 saturated carbocycles. The number of likely N-dealkylation sites (tertiary alicyclic amines) is 1. The third-order valence-corrected chi connectivity index (χ3v) is 4.45. The molecule has 0 aliphatic carbocycles. The molecule has 4 heteroatoms. The molecular formula is C14H24N4. The molecule has 0 bridgehead atoms. The van der Waals surface area contributed by atoms with Gasteiger partial charge in [0.2, 0.25) is 0 Å². The SMILES string of the molecule is CC1CCc2nnc(CC3CCCN(C)C3)n2C1. The predicted molar refractivity (Wildman–Crippen MR) is 71.4 cm³/mol. The summed E-state index contributed by atoms with van der Waals surface area (Å²) in [6.07, 6.45) is 6.17. The van der Waals surface area contributed by atoms with Crippen molar-refractivity contribution in [3.63, 3.8) is 0 Å². The fourth-order valence-corrected chi connectivity index (χ4v) is 3.40. The summed E-state index contributed by atoms with van der Waals surface area (Å²) < 4.78 is 2.39. The van der Waals surface area contributed by atoms with Crippen LogP contribution in [0.4, 0.5) is 0 Å². The largest absolute Gasteiger partial charge is 0.315 e. The van der Waals surface area contributed by atoms with Crippen molar-refractivity contribution in [3.05, 3.63) is 11.6 Å². The molecule has 2 atom stereocenters. The Morgan fingerprint density at radius 2 is 2.11 bits per heavy atom. The van der Waals surface area contributed by atoms with Gasteiger partial charge in [0.05, 0.1) is 0 Å². The number of aryl methyl sites for hydroxylation is 1. The molecule has 2 aliphatic rings. The van der Waals surface area contributed by atoms with Gasteiger partial charge in [-0.15, -0.1) is 10.2 Å². The summed E-state index contributed by atoms with van der Waals surface area (Å²) in [7, 11) is 2.23. The Labute approximate surface area is 109 Å². The minimum Gasteiger partial charge on any atom is -0.315 e. The van der Waals surface area contributed by atoms with Crippen molar-refractivity contribution in [1.29, 1.82) is 0 Å². The molecule has 1 fully saturated rings. The highest BCUT2D eigenvalue weighted by Crippen LogP contribution is 2.23. The molecule has 0 N–H and O–H groups in total. The van der Waals surface area contributed by atoms with Gasteiger partial charge in [-0.2, -0.15) is 0 Å². The van der Waals surface area contributed by atoms with E-state index in [0.29, 0.717) is 0 Å². The lowest BCUT2D eigenvalue weighted by Crippen LogP contribution is -2.33. The van der Waals surface area contributed by atoms with Gasteiger partial charge in [0.25, 0.3) is 0 Å². The number of rotatable bonds is 2. The van der Waals surface area contributed by atoms with Crippen molar-refractivity contribution >= 4 is 0 Å². The van der Waals surface area contributed by atoms with E-state index in [1.165, 1.54) is 44.0 Å². The Kier molecular flexibility index (Phi) is 3.37. The molecule has 2 unspecified atom stereocenters. The molecule has 100 valence electrons. The van der Waals surface area contributed by atoms with Gasteiger partial charge >= 0.3 is 0 Å². The first-order valence-corrected chi connectivity index (χ1v) is 7.32. The van der Waals surface area contributed by atoms with E-state index in [1.807, 2.05) is 0 Å². The van der Waals surface area contributed by atoms with Crippen molar-refractivity contribution in [1.82, 2.24) is 19.7 Å². The number of nitrogens with zero attached hydrogens (tertiary/aromatic N) is 4. The highest BCUT2D eigenvalue weighted by atomic mass is 15.3. The van der Waals surface area contributed by atoms with Crippen molar-refractivity contribution in [2.75, 3.05) is 20.1 Å². The van der Waals surface area contributed by atoms with Gasteiger partial charge < -0.3 is 9.47 Å². The van der Waals surface area contributed by atoms with Gasteiger partial charge in [-0.25, -0.2) is 0 Å². The lowest BCUT2D eigenvalue weighted by Gasteiger charge is -2.30. The summed E-state index contributed by atoms with van der Waals surface area (Å²) in [5.41, 5.74) is 0. The molecule has 0 aromatic carbocycles. The van der Waals surface area contributed by atoms with E-state index in [4.69, 9.17) is 0 Å². The number of piperidine rings is 1. The van der Waals surface area contributed by atoms with Crippen molar-refractivity contribution in [2.24, 2.45) is 11.8 Å². The second-order valence-electron chi connectivity index (χ2n) is 6.26. The van der Waals surface area contributed by atoms with E-state index in [-0.39, 0.29) is 0 Å². The second-order valence-corrected chi connectivity index (χ2v) is 6.26. The number of hydrogen-bond donors (Lipinski definition) is 0. The van der Waals surface area contributed by atoms with Gasteiger partial charge in [0, 0.05) is 25.9 Å². The Bertz CT molecular complexity index is 412. The molecule has 2 aliphatic heterocycles. The Hall–Kier alpha value is -0.900. The van der Waals surface area contributed by atoms with Crippen LogP contribution in [0.25, 0.3) is 0 Å². The first-order valence-electron chi connectivity index (χ1n) is 7.32. The van der Waals surface area contributed by atoms with Crippen LogP contribution >= 0.6 is 0 Å². The number of fused-ring (bicyclic) bond motifs is 1. The maximum Gasteiger partial charge on any atom is 0.133 e. The van der Waals surface area contributed by atoms with Crippen LogP contribution < -0.4 is 0 Å². The Morgan fingerprint density at radius 3 is 2.94 bits per heavy atom. The van der Waals surface area contributed by atoms with Crippen LogP contribution in [0.1, 0.15) is 37.8 Å². The van der Waals surface area contributed by atoms with Crippen LogP contribution in [-0.4, -0.2) is 39.8 Å². The van der Waals surface area contributed by atoms with E-state index in [1.54, 1.807) is 0 Å². The number of hydrogen-bond acceptors (Lipinski definition) is 3. The molecule has 1 aromatic rings. The smallest absolute Gasteiger partial charge is 0.133 e. The molecule has 1 saturated heterocycles. The summed E-state index contributed by atoms with van der Waals surface area (Å²) in [5.74, 6) is 4.00. The van der Waals surface area contributed by atoms with Crippen LogP contribution in [0.5, 0.6) is 0 Å². The highest BCUT2D eigenvalue weighted by Gasteiger charge is 2.24. The van der Waals surface area contributed by atoms with Crippen LogP contribution in [0.3, 0.4) is 0 Å². The summed E-state index contributed by atoms with van der Waals surface area (Å²) in [6, 6.07) is 0. The molecule has 0 radical (unpaired) electrons. The van der Waals surface area contributed by atoms with Gasteiger partial charge in [-0.05, 0) is 44.7 Å². The van der Waals surface area contributed by atoms with E-state index in [0.717, 1.165) is 31.2 Å². The normalized spacial score (nSPS) is 29.2. The summed E-state index contributed by atoms with van der Waals surface area (Å²) >= 11 is 0. The zero-order chi connectivity index (χ0) is 12.5. The van der Waals surface area contributed by atoms with E-state index in [2.05, 4.69) is 33.6 Å². The Morgan fingerprint density at radius 1 is 1.22 bits per heavy atom. The molecule has 0 amide bonds. The van der Waals surface area contributed by atoms with Crippen LogP contribution in [0.15, 0.2) is 0 Å². The minimum absolute atomic E-state index is 0.772. The third kappa shape index (κ3) is 2.44. The monoisotopic (exact) mass is 248 g/mol. The Balaban J connectivity index is 1.71. The van der Waals surface area contributed by atoms with Crippen molar-refractivity contribution in [2.45, 2.75) is 45.6 Å². The zero-order valence-corrected chi connectivity index (χ0v) is 11.6. The standard InChI is InChI=1S/C14H24N4/c1-11-5-6-13-15-16-14(18(13)9-11)8-12-4-3-7-17(2)10-12/h11-12H,3-10H2,1-2H3. The topological polar surface area (TPSA) is 34.0 Å². The summed E-state index contributed by atoms with van der Waals surface area (Å²) in [5, 5.41) is 8.82. The van der Waals surface area contributed by atoms with E-state index < -0.39 is 0 Å². The first-order chi connectivity index (χ1) is 8.72. The maximum absolute atomic E-state index is 4.45. The fraction of sp³-hybridized carbons (Fsp3) is 0.857. The number of aromatic nitrogens is 3. The third-order valence-electron chi connectivity index (χ3n) is 4.45. The van der Waals surface area contributed by atoms with Gasteiger partial charge in [0.15, 0.2) is 0 Å². The second kappa shape index (κ2) is 5.00.